The van der Waals surface area contributed by atoms with Crippen molar-refractivity contribution >= 4 is 0 Å². The van der Waals surface area contributed by atoms with Crippen LogP contribution >= 0.6 is 0 Å². The van der Waals surface area contributed by atoms with E-state index in [0.717, 1.165) is 49.4 Å². The van der Waals surface area contributed by atoms with E-state index in [4.69, 9.17) is 15.2 Å². The Hall–Kier alpha value is -0.940. The van der Waals surface area contributed by atoms with Crippen molar-refractivity contribution in [3.63, 3.8) is 0 Å². The zero-order valence-electron chi connectivity index (χ0n) is 15.2. The lowest BCUT2D eigenvalue weighted by Gasteiger charge is -2.55. The summed E-state index contributed by atoms with van der Waals surface area (Å²) in [7, 11) is 4.21. The number of nitrogens with zero attached hydrogens (tertiary/aromatic N) is 3. The van der Waals surface area contributed by atoms with Gasteiger partial charge in [0.1, 0.15) is 0 Å². The molecule has 0 unspecified atom stereocenters. The van der Waals surface area contributed by atoms with E-state index in [-0.39, 0.29) is 11.5 Å². The number of hydrogen-bond donors (Lipinski definition) is 1. The van der Waals surface area contributed by atoms with E-state index < -0.39 is 0 Å². The van der Waals surface area contributed by atoms with Gasteiger partial charge in [-0.25, -0.2) is 0 Å². The SMILES string of the molecule is CN(C)CCCC[C@H](N)c1nc(C23CC4CC(CC(C4)C2)C3)no1. The van der Waals surface area contributed by atoms with Crippen LogP contribution in [-0.2, 0) is 5.41 Å². The molecule has 134 valence electrons. The maximum absolute atomic E-state index is 6.31. The number of hydrogen-bond acceptors (Lipinski definition) is 5. The highest BCUT2D eigenvalue weighted by atomic mass is 16.5. The normalized spacial score (nSPS) is 35.8. The molecule has 1 aromatic heterocycles. The molecule has 1 heterocycles. The zero-order chi connectivity index (χ0) is 16.7. The van der Waals surface area contributed by atoms with Crippen molar-refractivity contribution < 1.29 is 4.52 Å². The second-order valence-corrected chi connectivity index (χ2v) is 9.06. The van der Waals surface area contributed by atoms with Crippen LogP contribution in [0.5, 0.6) is 0 Å². The van der Waals surface area contributed by atoms with Crippen LogP contribution in [0.2, 0.25) is 0 Å². The predicted molar refractivity (Wildman–Crippen MR) is 93.5 cm³/mol. The summed E-state index contributed by atoms with van der Waals surface area (Å²) in [6.07, 6.45) is 11.3. The first-order valence-electron chi connectivity index (χ1n) is 9.78. The van der Waals surface area contributed by atoms with Crippen molar-refractivity contribution in [1.82, 2.24) is 15.0 Å². The lowest BCUT2D eigenvalue weighted by molar-refractivity contribution is -0.0103. The maximum Gasteiger partial charge on any atom is 0.243 e. The highest BCUT2D eigenvalue weighted by molar-refractivity contribution is 5.16. The molecule has 5 nitrogen and oxygen atoms in total. The van der Waals surface area contributed by atoms with E-state index in [1.165, 1.54) is 38.5 Å². The molecular weight excluding hydrogens is 300 g/mol. The molecule has 4 fully saturated rings. The van der Waals surface area contributed by atoms with Crippen LogP contribution in [0.25, 0.3) is 0 Å². The molecule has 4 aliphatic rings. The van der Waals surface area contributed by atoms with E-state index in [1.807, 2.05) is 0 Å². The Morgan fingerprint density at radius 3 is 2.33 bits per heavy atom. The van der Waals surface area contributed by atoms with E-state index >= 15 is 0 Å². The number of aromatic nitrogens is 2. The number of nitrogens with two attached hydrogens (primary N) is 1. The monoisotopic (exact) mass is 332 g/mol. The molecule has 0 radical (unpaired) electrons. The summed E-state index contributed by atoms with van der Waals surface area (Å²) in [5, 5.41) is 4.41. The van der Waals surface area contributed by atoms with Crippen LogP contribution in [0.3, 0.4) is 0 Å². The third-order valence-corrected chi connectivity index (χ3v) is 6.64. The molecule has 0 spiro atoms. The summed E-state index contributed by atoms with van der Waals surface area (Å²) in [5.74, 6) is 4.33. The predicted octanol–water partition coefficient (Wildman–Crippen LogP) is 3.27. The van der Waals surface area contributed by atoms with Gasteiger partial charge in [-0.05, 0) is 89.8 Å². The summed E-state index contributed by atoms with van der Waals surface area (Å²) in [6, 6.07) is -0.109. The lowest BCUT2D eigenvalue weighted by atomic mass is 9.49. The summed E-state index contributed by atoms with van der Waals surface area (Å²) in [6.45, 7) is 1.11. The van der Waals surface area contributed by atoms with Gasteiger partial charge < -0.3 is 15.2 Å². The Labute approximate surface area is 145 Å². The van der Waals surface area contributed by atoms with Gasteiger partial charge in [0.15, 0.2) is 5.82 Å². The molecule has 0 aliphatic heterocycles. The Kier molecular flexibility index (Phi) is 4.42. The Morgan fingerprint density at radius 2 is 1.75 bits per heavy atom. The van der Waals surface area contributed by atoms with Crippen molar-refractivity contribution in [3.05, 3.63) is 11.7 Å². The van der Waals surface area contributed by atoms with Crippen molar-refractivity contribution in [2.24, 2.45) is 23.5 Å². The van der Waals surface area contributed by atoms with E-state index in [1.54, 1.807) is 0 Å². The molecule has 4 aliphatic carbocycles. The Bertz CT molecular complexity index is 532. The maximum atomic E-state index is 6.31. The van der Waals surface area contributed by atoms with Crippen molar-refractivity contribution in [2.75, 3.05) is 20.6 Å². The minimum Gasteiger partial charge on any atom is -0.338 e. The fraction of sp³-hybridized carbons (Fsp3) is 0.895. The Morgan fingerprint density at radius 1 is 1.12 bits per heavy atom. The number of unbranched alkanes of at least 4 members (excludes halogenated alkanes) is 1. The van der Waals surface area contributed by atoms with Gasteiger partial charge in [0.25, 0.3) is 0 Å². The van der Waals surface area contributed by atoms with Gasteiger partial charge in [0.2, 0.25) is 5.89 Å². The minimum atomic E-state index is -0.109. The smallest absolute Gasteiger partial charge is 0.243 e. The van der Waals surface area contributed by atoms with Crippen molar-refractivity contribution in [1.29, 1.82) is 0 Å². The van der Waals surface area contributed by atoms with Crippen LogP contribution in [0.1, 0.15) is 75.5 Å². The van der Waals surface area contributed by atoms with Crippen LogP contribution in [0.15, 0.2) is 4.52 Å². The molecule has 0 saturated heterocycles. The minimum absolute atomic E-state index is 0.109. The van der Waals surface area contributed by atoms with Crippen LogP contribution in [0.4, 0.5) is 0 Å². The fourth-order valence-electron chi connectivity index (χ4n) is 5.90. The zero-order valence-corrected chi connectivity index (χ0v) is 15.2. The second-order valence-electron chi connectivity index (χ2n) is 9.06. The van der Waals surface area contributed by atoms with Gasteiger partial charge in [-0.3, -0.25) is 0 Å². The summed E-state index contributed by atoms with van der Waals surface area (Å²) in [4.78, 5) is 7.01. The molecule has 5 heteroatoms. The quantitative estimate of drug-likeness (QED) is 0.776. The average Bonchev–Trinajstić information content (AvgIpc) is 3.00. The molecular formula is C19H32N4O. The summed E-state index contributed by atoms with van der Waals surface area (Å²) >= 11 is 0. The van der Waals surface area contributed by atoms with Gasteiger partial charge in [-0.15, -0.1) is 0 Å². The lowest BCUT2D eigenvalue weighted by Crippen LogP contribution is -2.49. The third kappa shape index (κ3) is 3.13. The largest absolute Gasteiger partial charge is 0.338 e. The van der Waals surface area contributed by atoms with E-state index in [9.17, 15) is 0 Å². The second kappa shape index (κ2) is 6.41. The standard InChI is InChI=1S/C19H32N4O/c1-23(2)6-4-3-5-16(20)17-21-18(22-24-17)19-10-13-7-14(11-19)9-15(8-13)12-19/h13-16H,3-12,20H2,1-2H3/t13?,14?,15?,16-,19?/m0/s1. The van der Waals surface area contributed by atoms with Gasteiger partial charge in [0.05, 0.1) is 6.04 Å². The summed E-state index contributed by atoms with van der Waals surface area (Å²) < 4.78 is 5.60. The van der Waals surface area contributed by atoms with E-state index in [0.29, 0.717) is 5.89 Å². The van der Waals surface area contributed by atoms with Crippen LogP contribution < -0.4 is 5.73 Å². The molecule has 1 aromatic rings. The average molecular weight is 332 g/mol. The van der Waals surface area contributed by atoms with E-state index in [2.05, 4.69) is 24.2 Å². The number of rotatable bonds is 7. The topological polar surface area (TPSA) is 68.2 Å². The highest BCUT2D eigenvalue weighted by Crippen LogP contribution is 2.60. The van der Waals surface area contributed by atoms with Gasteiger partial charge >= 0.3 is 0 Å². The molecule has 2 N–H and O–H groups in total. The molecule has 4 saturated carbocycles. The first-order chi connectivity index (χ1) is 11.5. The van der Waals surface area contributed by atoms with Crippen molar-refractivity contribution in [3.8, 4) is 0 Å². The first-order valence-corrected chi connectivity index (χ1v) is 9.78. The van der Waals surface area contributed by atoms with Crippen molar-refractivity contribution in [2.45, 2.75) is 69.2 Å². The van der Waals surface area contributed by atoms with Gasteiger partial charge in [0, 0.05) is 5.41 Å². The van der Waals surface area contributed by atoms with Crippen LogP contribution in [-0.4, -0.2) is 35.7 Å². The molecule has 0 amide bonds. The first kappa shape index (κ1) is 16.5. The third-order valence-electron chi connectivity index (χ3n) is 6.64. The van der Waals surface area contributed by atoms with Crippen LogP contribution in [0, 0.1) is 17.8 Å². The molecule has 24 heavy (non-hydrogen) atoms. The van der Waals surface area contributed by atoms with Gasteiger partial charge in [-0.1, -0.05) is 11.6 Å². The molecule has 0 aromatic carbocycles. The highest BCUT2D eigenvalue weighted by Gasteiger charge is 2.53. The van der Waals surface area contributed by atoms with Gasteiger partial charge in [-0.2, -0.15) is 4.98 Å². The molecule has 5 rings (SSSR count). The summed E-state index contributed by atoms with van der Waals surface area (Å²) in [5.41, 5.74) is 6.52. The fourth-order valence-corrected chi connectivity index (χ4v) is 5.90. The molecule has 4 bridgehead atoms. The Balaban J connectivity index is 1.40. The molecule has 1 atom stereocenters.